The molecule has 2 aromatic rings. The molecule has 0 aliphatic rings. The van der Waals surface area contributed by atoms with Crippen LogP contribution in [-0.2, 0) is 17.8 Å². The van der Waals surface area contributed by atoms with Gasteiger partial charge in [0, 0.05) is 0 Å². The molecule has 104 valence electrons. The molecule has 0 radical (unpaired) electrons. The number of hydrogen-bond acceptors (Lipinski definition) is 2. The molecule has 0 bridgehead atoms. The van der Waals surface area contributed by atoms with E-state index in [1.54, 1.807) is 12.1 Å². The monoisotopic (exact) mass is 270 g/mol. The third kappa shape index (κ3) is 3.85. The van der Waals surface area contributed by atoms with E-state index < -0.39 is 5.97 Å². The van der Waals surface area contributed by atoms with E-state index >= 15 is 0 Å². The number of aryl methyl sites for hydroxylation is 2. The van der Waals surface area contributed by atoms with Gasteiger partial charge in [-0.2, -0.15) is 0 Å². The predicted molar refractivity (Wildman–Crippen MR) is 78.0 cm³/mol. The third-order valence-electron chi connectivity index (χ3n) is 3.23. The van der Waals surface area contributed by atoms with Crippen molar-refractivity contribution in [1.82, 2.24) is 0 Å². The first-order chi connectivity index (χ1) is 9.54. The van der Waals surface area contributed by atoms with Crippen LogP contribution in [0.4, 0.5) is 0 Å². The number of carboxylic acids is 1. The zero-order valence-electron chi connectivity index (χ0n) is 11.7. The Morgan fingerprint density at radius 2 is 1.85 bits per heavy atom. The fourth-order valence-electron chi connectivity index (χ4n) is 1.98. The van der Waals surface area contributed by atoms with Crippen molar-refractivity contribution in [1.29, 1.82) is 0 Å². The van der Waals surface area contributed by atoms with Gasteiger partial charge in [-0.25, -0.2) is 0 Å². The number of carboxylic acid groups (broad SMARTS) is 1. The second-order valence-electron chi connectivity index (χ2n) is 4.93. The van der Waals surface area contributed by atoms with Crippen molar-refractivity contribution in [3.63, 3.8) is 0 Å². The molecule has 0 saturated heterocycles. The Kier molecular flexibility index (Phi) is 4.41. The molecule has 2 rings (SSSR count). The lowest BCUT2D eigenvalue weighted by molar-refractivity contribution is -0.136. The van der Waals surface area contributed by atoms with E-state index in [2.05, 4.69) is 26.0 Å². The van der Waals surface area contributed by atoms with Crippen molar-refractivity contribution in [3.05, 3.63) is 64.7 Å². The maximum absolute atomic E-state index is 10.7. The topological polar surface area (TPSA) is 46.5 Å². The SMILES string of the molecule is Cc1ccc(COc2cccc(CC(=O)O)c2)cc1C. The molecule has 0 aromatic heterocycles. The molecule has 0 spiro atoms. The fraction of sp³-hybridized carbons (Fsp3) is 0.235. The first kappa shape index (κ1) is 14.1. The van der Waals surface area contributed by atoms with Crippen LogP contribution in [0.1, 0.15) is 22.3 Å². The van der Waals surface area contributed by atoms with Crippen molar-refractivity contribution in [3.8, 4) is 5.75 Å². The van der Waals surface area contributed by atoms with Crippen molar-refractivity contribution >= 4 is 5.97 Å². The van der Waals surface area contributed by atoms with Gasteiger partial charge >= 0.3 is 5.97 Å². The zero-order valence-corrected chi connectivity index (χ0v) is 11.7. The largest absolute Gasteiger partial charge is 0.489 e. The van der Waals surface area contributed by atoms with E-state index in [-0.39, 0.29) is 6.42 Å². The molecule has 0 fully saturated rings. The van der Waals surface area contributed by atoms with Crippen LogP contribution < -0.4 is 4.74 Å². The molecule has 0 saturated carbocycles. The van der Waals surface area contributed by atoms with Crippen LogP contribution in [0.3, 0.4) is 0 Å². The van der Waals surface area contributed by atoms with Crippen LogP contribution >= 0.6 is 0 Å². The molecular weight excluding hydrogens is 252 g/mol. The number of ether oxygens (including phenoxy) is 1. The van der Waals surface area contributed by atoms with Crippen LogP contribution in [0.25, 0.3) is 0 Å². The second kappa shape index (κ2) is 6.24. The average Bonchev–Trinajstić information content (AvgIpc) is 2.40. The maximum atomic E-state index is 10.7. The summed E-state index contributed by atoms with van der Waals surface area (Å²) in [4.78, 5) is 10.7. The van der Waals surface area contributed by atoms with Crippen molar-refractivity contribution in [2.45, 2.75) is 26.9 Å². The van der Waals surface area contributed by atoms with Crippen LogP contribution in [0.2, 0.25) is 0 Å². The number of hydrogen-bond donors (Lipinski definition) is 1. The van der Waals surface area contributed by atoms with Gasteiger partial charge in [-0.3, -0.25) is 4.79 Å². The van der Waals surface area contributed by atoms with Crippen molar-refractivity contribution in [2.75, 3.05) is 0 Å². The van der Waals surface area contributed by atoms with Gasteiger partial charge in [0.1, 0.15) is 12.4 Å². The Morgan fingerprint density at radius 3 is 2.55 bits per heavy atom. The molecule has 3 nitrogen and oxygen atoms in total. The molecule has 0 aliphatic carbocycles. The van der Waals surface area contributed by atoms with Crippen molar-refractivity contribution < 1.29 is 14.6 Å². The molecule has 0 heterocycles. The minimum absolute atomic E-state index is 0.0147. The summed E-state index contributed by atoms with van der Waals surface area (Å²) < 4.78 is 5.72. The zero-order chi connectivity index (χ0) is 14.5. The van der Waals surface area contributed by atoms with E-state index in [0.29, 0.717) is 12.4 Å². The molecule has 0 unspecified atom stereocenters. The van der Waals surface area contributed by atoms with Gasteiger partial charge in [0.15, 0.2) is 0 Å². The predicted octanol–water partition coefficient (Wildman–Crippen LogP) is 3.51. The lowest BCUT2D eigenvalue weighted by Crippen LogP contribution is -2.01. The summed E-state index contributed by atoms with van der Waals surface area (Å²) in [6.45, 7) is 4.64. The van der Waals surface area contributed by atoms with E-state index in [1.807, 2.05) is 18.2 Å². The lowest BCUT2D eigenvalue weighted by atomic mass is 10.1. The smallest absolute Gasteiger partial charge is 0.307 e. The van der Waals surface area contributed by atoms with Gasteiger partial charge in [-0.05, 0) is 48.2 Å². The Bertz CT molecular complexity index is 617. The minimum atomic E-state index is -0.837. The van der Waals surface area contributed by atoms with E-state index in [0.717, 1.165) is 11.1 Å². The van der Waals surface area contributed by atoms with Gasteiger partial charge in [0.25, 0.3) is 0 Å². The Balaban J connectivity index is 2.03. The van der Waals surface area contributed by atoms with Gasteiger partial charge in [0.05, 0.1) is 6.42 Å². The third-order valence-corrected chi connectivity index (χ3v) is 3.23. The molecule has 2 aromatic carbocycles. The molecule has 0 atom stereocenters. The van der Waals surface area contributed by atoms with Gasteiger partial charge in [-0.1, -0.05) is 30.3 Å². The average molecular weight is 270 g/mol. The second-order valence-corrected chi connectivity index (χ2v) is 4.93. The summed E-state index contributed by atoms with van der Waals surface area (Å²) in [6, 6.07) is 13.4. The summed E-state index contributed by atoms with van der Waals surface area (Å²) >= 11 is 0. The molecule has 0 amide bonds. The summed E-state index contributed by atoms with van der Waals surface area (Å²) in [7, 11) is 0. The highest BCUT2D eigenvalue weighted by atomic mass is 16.5. The van der Waals surface area contributed by atoms with Crippen LogP contribution in [0, 0.1) is 13.8 Å². The first-order valence-electron chi connectivity index (χ1n) is 6.54. The summed E-state index contributed by atoms with van der Waals surface area (Å²) in [6.07, 6.45) is 0.0147. The van der Waals surface area contributed by atoms with E-state index in [4.69, 9.17) is 9.84 Å². The molecule has 20 heavy (non-hydrogen) atoms. The molecular formula is C17H18O3. The first-order valence-corrected chi connectivity index (χ1v) is 6.54. The van der Waals surface area contributed by atoms with E-state index in [1.165, 1.54) is 11.1 Å². The van der Waals surface area contributed by atoms with Gasteiger partial charge in [-0.15, -0.1) is 0 Å². The van der Waals surface area contributed by atoms with E-state index in [9.17, 15) is 4.79 Å². The summed E-state index contributed by atoms with van der Waals surface area (Å²) in [5.41, 5.74) is 4.36. The fourth-order valence-corrected chi connectivity index (χ4v) is 1.98. The Morgan fingerprint density at radius 1 is 1.05 bits per heavy atom. The van der Waals surface area contributed by atoms with Crippen LogP contribution in [0.5, 0.6) is 5.75 Å². The summed E-state index contributed by atoms with van der Waals surface area (Å²) in [5.74, 6) is -0.140. The standard InChI is InChI=1S/C17H18O3/c1-12-6-7-15(8-13(12)2)11-20-16-5-3-4-14(9-16)10-17(18)19/h3-9H,10-11H2,1-2H3,(H,18,19). The minimum Gasteiger partial charge on any atom is -0.489 e. The Hall–Kier alpha value is -2.29. The summed E-state index contributed by atoms with van der Waals surface area (Å²) in [5, 5.41) is 8.78. The quantitative estimate of drug-likeness (QED) is 0.904. The van der Waals surface area contributed by atoms with Crippen LogP contribution in [-0.4, -0.2) is 11.1 Å². The van der Waals surface area contributed by atoms with Gasteiger partial charge < -0.3 is 9.84 Å². The van der Waals surface area contributed by atoms with Gasteiger partial charge in [0.2, 0.25) is 0 Å². The molecule has 1 N–H and O–H groups in total. The number of aliphatic carboxylic acids is 1. The maximum Gasteiger partial charge on any atom is 0.307 e. The highest BCUT2D eigenvalue weighted by Crippen LogP contribution is 2.17. The van der Waals surface area contributed by atoms with Crippen molar-refractivity contribution in [2.24, 2.45) is 0 Å². The number of carbonyl (C=O) groups is 1. The highest BCUT2D eigenvalue weighted by Gasteiger charge is 2.03. The number of benzene rings is 2. The molecule has 0 aliphatic heterocycles. The number of rotatable bonds is 5. The lowest BCUT2D eigenvalue weighted by Gasteiger charge is -2.09. The van der Waals surface area contributed by atoms with Crippen LogP contribution in [0.15, 0.2) is 42.5 Å². The highest BCUT2D eigenvalue weighted by molar-refractivity contribution is 5.70. The normalized spacial score (nSPS) is 10.3. The molecule has 3 heteroatoms. The Labute approximate surface area is 118 Å².